The molecule has 9 unspecified atom stereocenters. The minimum absolute atomic E-state index is 0.103. The fourth-order valence-corrected chi connectivity index (χ4v) is 112. The number of imidazole rings is 1. The Morgan fingerprint density at radius 2 is 1.13 bits per heavy atom. The van der Waals surface area contributed by atoms with Gasteiger partial charge in [0.2, 0.25) is 6.33 Å². The number of pyridine rings is 1. The summed E-state index contributed by atoms with van der Waals surface area (Å²) in [6.45, 7) is 33.4. The minimum atomic E-state index is -0.420. The first-order valence-corrected chi connectivity index (χ1v) is 49.0. The highest BCUT2D eigenvalue weighted by atomic mass is 33.3. The van der Waals surface area contributed by atoms with E-state index in [0.717, 1.165) is 28.5 Å². The smallest absolute Gasteiger partial charge is 0.243 e. The van der Waals surface area contributed by atoms with Gasteiger partial charge in [-0.05, 0) is 115 Å². The van der Waals surface area contributed by atoms with Crippen molar-refractivity contribution in [2.75, 3.05) is 96.3 Å². The monoisotopic (exact) mass is 1160 g/mol. The molecule has 2 aromatic heterocycles. The molecule has 21 heteroatoms. The summed E-state index contributed by atoms with van der Waals surface area (Å²) in [5.74, 6) is 4.15. The van der Waals surface area contributed by atoms with Crippen LogP contribution in [0.2, 0.25) is 0 Å². The molecule has 63 heavy (non-hydrogen) atoms. The average molecular weight is 1160 g/mol. The Kier molecular flexibility index (Phi) is 61.1. The van der Waals surface area contributed by atoms with Gasteiger partial charge in [0.1, 0.15) is 36.2 Å². The lowest BCUT2D eigenvalue weighted by atomic mass is 10.3. The second-order valence-corrected chi connectivity index (χ2v) is 69.4. The molecule has 0 saturated carbocycles. The van der Waals surface area contributed by atoms with Crippen molar-refractivity contribution < 1.29 is 18.1 Å². The Bertz CT molecular complexity index is 1180. The predicted molar refractivity (Wildman–Crippen MR) is 348 cm³/mol. The highest BCUT2D eigenvalue weighted by Crippen LogP contribution is 3.16. The van der Waals surface area contributed by atoms with Crippen molar-refractivity contribution >= 4 is 132 Å². The van der Waals surface area contributed by atoms with Crippen molar-refractivity contribution in [2.24, 2.45) is 7.05 Å². The van der Waals surface area contributed by atoms with Crippen LogP contribution in [-0.4, -0.2) is 117 Å². The predicted octanol–water partition coefficient (Wildman–Crippen LogP) is 15.7. The number of aryl methyl sites for hydroxylation is 3. The van der Waals surface area contributed by atoms with E-state index in [2.05, 4.69) is 221 Å². The normalized spacial score (nSPS) is 13.3. The summed E-state index contributed by atoms with van der Waals surface area (Å²) in [5, 5.41) is 0. The molecule has 2 radical (unpaired) electrons. The van der Waals surface area contributed by atoms with Crippen molar-refractivity contribution in [3.63, 3.8) is 0 Å². The lowest BCUT2D eigenvalue weighted by Crippen LogP contribution is -2.40. The van der Waals surface area contributed by atoms with E-state index in [9.17, 15) is 0 Å². The highest BCUT2D eigenvalue weighted by Gasteiger charge is 2.28. The van der Waals surface area contributed by atoms with Gasteiger partial charge in [0.05, 0.1) is 100 Å². The van der Waals surface area contributed by atoms with Crippen molar-refractivity contribution in [1.82, 2.24) is 4.57 Å². The van der Waals surface area contributed by atoms with Crippen LogP contribution in [0, 0.1) is 0 Å². The van der Waals surface area contributed by atoms with E-state index < -0.39 is 7.26 Å². The molecular weight excluding hydrogens is 1050 g/mol. The molecule has 374 valence electrons. The van der Waals surface area contributed by atoms with Gasteiger partial charge in [-0.1, -0.05) is 26.3 Å². The number of rotatable bonds is 18. The Labute approximate surface area is 425 Å². The third kappa shape index (κ3) is 46.3. The molecule has 1 aliphatic rings. The third-order valence-corrected chi connectivity index (χ3v) is 85.2. The van der Waals surface area contributed by atoms with Crippen LogP contribution in [0.25, 0.3) is 0 Å². The molecule has 5 nitrogen and oxygen atoms in total. The summed E-state index contributed by atoms with van der Waals surface area (Å²) in [6.07, 6.45) is 22.9. The average Bonchev–Trinajstić information content (AvgIpc) is 3.91. The van der Waals surface area contributed by atoms with Gasteiger partial charge in [-0.3, -0.25) is 0 Å². The van der Waals surface area contributed by atoms with Crippen LogP contribution < -0.4 is 9.13 Å². The molecular formula is C42H108BN5P14S+6. The lowest BCUT2D eigenvalue weighted by molar-refractivity contribution is -0.895. The molecule has 3 rings (SSSR count). The molecule has 0 spiro atoms. The zero-order chi connectivity index (χ0) is 50.1. The van der Waals surface area contributed by atoms with Crippen molar-refractivity contribution in [3.05, 3.63) is 49.3 Å². The standard InChI is InChI=1S/C9H14N.C8H20P.C7H16N.C6H11N2.C6H16N.C6H15S.BH2P.H14P12/c1-2-3-7-10-8-5-4-6-9-10;1-5-9(6-2,7-3)8-4;1-3-8(2)6-4-5-7-8;1-3-8-5-4-7(2)6-8;1-5-6-7(2,3)4;1-4-7(5-2)6-3;1-2;1-8(2)11(7)12(9(3)4)10(5)6/h4-6,8-9H,2-3,7H2,1H3;5-8H2,1-4H3;3-7H2,1-2H3;4-6H,3H2,1-2H3;5-6H2,1-4H3;4-6H2,1-3H3;2H2;1-7H2/q6*+1;;. The van der Waals surface area contributed by atoms with Gasteiger partial charge in [-0.25, -0.2) is 13.7 Å². The van der Waals surface area contributed by atoms with E-state index >= 15 is 0 Å². The minimum Gasteiger partial charge on any atom is -0.331 e. The molecule has 0 amide bonds. The van der Waals surface area contributed by atoms with Crippen LogP contribution in [-0.2, 0) is 31.0 Å². The molecule has 0 aliphatic carbocycles. The summed E-state index contributed by atoms with van der Waals surface area (Å²) in [5.41, 5.74) is 0. The third-order valence-electron chi connectivity index (χ3n) is 10.8. The van der Waals surface area contributed by atoms with E-state index in [-0.39, 0.29) is 34.9 Å². The summed E-state index contributed by atoms with van der Waals surface area (Å²) in [4.78, 5) is 0. The first kappa shape index (κ1) is 76.6. The van der Waals surface area contributed by atoms with Crippen LogP contribution >= 0.6 is 114 Å². The molecule has 1 fully saturated rings. The Balaban J connectivity index is -0.000000208. The first-order valence-electron chi connectivity index (χ1n) is 23.2. The van der Waals surface area contributed by atoms with E-state index in [0.29, 0.717) is 0 Å². The van der Waals surface area contributed by atoms with Crippen molar-refractivity contribution in [3.8, 4) is 0 Å². The topological polar surface area (TPSA) is 12.7 Å². The summed E-state index contributed by atoms with van der Waals surface area (Å²) in [6, 6.07) is 6.17. The van der Waals surface area contributed by atoms with Crippen molar-refractivity contribution in [1.29, 1.82) is 0 Å². The number of hydrogen-bond donors (Lipinski definition) is 0. The lowest BCUT2D eigenvalue weighted by Gasteiger charge is -2.32. The van der Waals surface area contributed by atoms with Crippen molar-refractivity contribution in [2.45, 2.75) is 121 Å². The van der Waals surface area contributed by atoms with Gasteiger partial charge >= 0.3 is 0 Å². The molecule has 9 atom stereocenters. The van der Waals surface area contributed by atoms with E-state index in [4.69, 9.17) is 0 Å². The number of likely N-dealkylation sites (tertiary alicyclic amines) is 1. The molecule has 0 bridgehead atoms. The maximum absolute atomic E-state index is 4.42. The summed E-state index contributed by atoms with van der Waals surface area (Å²) >= 11 is 0. The Morgan fingerprint density at radius 1 is 0.683 bits per heavy atom. The second-order valence-electron chi connectivity index (χ2n) is 16.3. The first-order chi connectivity index (χ1) is 29.5. The summed E-state index contributed by atoms with van der Waals surface area (Å²) in [7, 11) is 38.7. The Hall–Kier alpha value is 4.71. The molecule has 0 aromatic carbocycles. The molecule has 1 saturated heterocycles. The van der Waals surface area contributed by atoms with Gasteiger partial charge in [0, 0.05) is 38.7 Å². The Morgan fingerprint density at radius 3 is 1.30 bits per heavy atom. The number of nitrogens with zero attached hydrogens (tertiary/aromatic N) is 5. The maximum Gasteiger partial charge on any atom is 0.243 e. The number of unbranched alkanes of at least 4 members (excludes halogenated alkanes) is 1. The quantitative estimate of drug-likeness (QED) is 0.0464. The van der Waals surface area contributed by atoms with Crippen LogP contribution in [0.1, 0.15) is 108 Å². The largest absolute Gasteiger partial charge is 0.331 e. The van der Waals surface area contributed by atoms with Crippen LogP contribution in [0.3, 0.4) is 0 Å². The maximum atomic E-state index is 4.42. The van der Waals surface area contributed by atoms with Crippen LogP contribution in [0.5, 0.6) is 0 Å². The van der Waals surface area contributed by atoms with Crippen LogP contribution in [0.4, 0.5) is 0 Å². The number of hydrogen-bond acceptors (Lipinski definition) is 0. The highest BCUT2D eigenvalue weighted by molar-refractivity contribution is 9.21. The van der Waals surface area contributed by atoms with E-state index in [1.165, 1.54) is 105 Å². The zero-order valence-electron chi connectivity index (χ0n) is 43.9. The fourth-order valence-electron chi connectivity index (χ4n) is 6.08. The van der Waals surface area contributed by atoms with Gasteiger partial charge in [-0.15, -0.1) is 62.5 Å². The second kappa shape index (κ2) is 50.3. The number of aromatic nitrogens is 3. The zero-order valence-corrected chi connectivity index (χ0v) is 59.3. The van der Waals surface area contributed by atoms with Gasteiger partial charge in [0.15, 0.2) is 12.4 Å². The summed E-state index contributed by atoms with van der Waals surface area (Å²) < 4.78 is 8.78. The number of quaternary nitrogens is 2. The molecule has 0 N–H and O–H groups in total. The SMILES string of the molecule is CCCC[n+]1ccccc1.CCC[N+](C)(C)C.CC[N+]1(C)CCCC1.CC[P+](CC)(CC)CC.CC[S+](CC)CC.CCn1cc[n+](C)c1.PP(P)P(P)P(P(P)P)P(P)P.[B]P. The van der Waals surface area contributed by atoms with E-state index in [1.807, 2.05) is 33.0 Å². The molecule has 1 aliphatic heterocycles. The van der Waals surface area contributed by atoms with E-state index in [1.54, 1.807) is 0 Å². The van der Waals surface area contributed by atoms with Gasteiger partial charge in [0.25, 0.3) is 0 Å². The molecule has 2 aromatic rings. The fraction of sp³-hybridized carbons (Fsp3) is 0.810. The van der Waals surface area contributed by atoms with Gasteiger partial charge < -0.3 is 8.97 Å². The van der Waals surface area contributed by atoms with Gasteiger partial charge in [-0.2, -0.15) is 9.12 Å². The van der Waals surface area contributed by atoms with Crippen LogP contribution in [0.15, 0.2) is 49.3 Å². The molecule has 3 heterocycles.